The molecule has 0 radical (unpaired) electrons. The van der Waals surface area contributed by atoms with Gasteiger partial charge in [0, 0.05) is 34.6 Å². The Bertz CT molecular complexity index is 1610. The van der Waals surface area contributed by atoms with E-state index in [4.69, 9.17) is 16.7 Å². The van der Waals surface area contributed by atoms with Gasteiger partial charge in [-0.05, 0) is 43.2 Å². The molecule has 0 amide bonds. The number of nitrogens with zero attached hydrogens (tertiary/aromatic N) is 5. The van der Waals surface area contributed by atoms with Crippen molar-refractivity contribution in [2.75, 3.05) is 5.32 Å². The molecule has 7 nitrogen and oxygen atoms in total. The Balaban J connectivity index is 1.56. The standard InChI is InChI=1S/C28H26ClF3N6O/c1-3-25-21-11-26(34-13-18-4-6-19(29)7-5-18)24(32)12-27(21)38(36-25)17(2)28(39,14-37-16-33-15-35-37)22-9-8-20(30)10-23(22)31/h4-12,15-17,34,39H,3,13-14H2,1-2H3/t17-,28-/m1/s1. The van der Waals surface area contributed by atoms with Crippen molar-refractivity contribution in [3.05, 3.63) is 107 Å². The average Bonchev–Trinajstić information content (AvgIpc) is 3.55. The number of aryl methyl sites for hydroxylation is 1. The van der Waals surface area contributed by atoms with Crippen molar-refractivity contribution < 1.29 is 18.3 Å². The van der Waals surface area contributed by atoms with Gasteiger partial charge in [-0.2, -0.15) is 10.2 Å². The second-order valence-corrected chi connectivity index (χ2v) is 9.83. The second kappa shape index (κ2) is 10.7. The number of aliphatic hydroxyl groups is 1. The molecule has 0 saturated carbocycles. The quantitative estimate of drug-likeness (QED) is 0.233. The smallest absolute Gasteiger partial charge is 0.148 e. The van der Waals surface area contributed by atoms with Crippen LogP contribution in [-0.2, 0) is 25.1 Å². The molecule has 0 spiro atoms. The third kappa shape index (κ3) is 5.22. The summed E-state index contributed by atoms with van der Waals surface area (Å²) in [5.74, 6) is -2.21. The molecule has 11 heteroatoms. The first-order valence-corrected chi connectivity index (χ1v) is 12.8. The van der Waals surface area contributed by atoms with E-state index in [2.05, 4.69) is 15.4 Å². The third-order valence-corrected chi connectivity index (χ3v) is 7.18. The molecule has 2 aromatic heterocycles. The minimum atomic E-state index is -1.95. The maximum atomic E-state index is 15.4. The SMILES string of the molecule is CCc1nn([C@H](C)[C@](O)(Cn2cncn2)c2ccc(F)cc2F)c2cc(F)c(NCc3ccc(Cl)cc3)cc12. The zero-order chi connectivity index (χ0) is 27.7. The summed E-state index contributed by atoms with van der Waals surface area (Å²) in [6.07, 6.45) is 3.21. The Morgan fingerprint density at radius 2 is 1.82 bits per heavy atom. The predicted molar refractivity (Wildman–Crippen MR) is 143 cm³/mol. The van der Waals surface area contributed by atoms with Crippen LogP contribution in [0.2, 0.25) is 5.02 Å². The number of hydrogen-bond donors (Lipinski definition) is 2. The predicted octanol–water partition coefficient (Wildman–Crippen LogP) is 6.02. The average molecular weight is 555 g/mol. The highest BCUT2D eigenvalue weighted by Gasteiger charge is 2.41. The fourth-order valence-corrected chi connectivity index (χ4v) is 4.89. The Morgan fingerprint density at radius 3 is 2.49 bits per heavy atom. The molecule has 0 aliphatic carbocycles. The summed E-state index contributed by atoms with van der Waals surface area (Å²) >= 11 is 5.95. The molecule has 2 heterocycles. The normalized spacial score (nSPS) is 13.9. The van der Waals surface area contributed by atoms with Gasteiger partial charge in [0.15, 0.2) is 0 Å². The number of nitrogens with one attached hydrogen (secondary N) is 1. The van der Waals surface area contributed by atoms with Gasteiger partial charge in [0.1, 0.15) is 35.7 Å². The van der Waals surface area contributed by atoms with Crippen LogP contribution in [-0.4, -0.2) is 29.7 Å². The topological polar surface area (TPSA) is 80.8 Å². The van der Waals surface area contributed by atoms with Crippen LogP contribution in [0.15, 0.2) is 67.3 Å². The zero-order valence-electron chi connectivity index (χ0n) is 21.2. The van der Waals surface area contributed by atoms with Gasteiger partial charge in [0.05, 0.1) is 29.5 Å². The van der Waals surface area contributed by atoms with E-state index >= 15 is 8.78 Å². The van der Waals surface area contributed by atoms with Gasteiger partial charge in [-0.25, -0.2) is 22.8 Å². The summed E-state index contributed by atoms with van der Waals surface area (Å²) in [6, 6.07) is 12.3. The molecular weight excluding hydrogens is 529 g/mol. The van der Waals surface area contributed by atoms with Crippen LogP contribution in [0.25, 0.3) is 10.9 Å². The summed E-state index contributed by atoms with van der Waals surface area (Å²) in [5, 5.41) is 25.2. The van der Waals surface area contributed by atoms with Crippen molar-refractivity contribution in [2.24, 2.45) is 0 Å². The lowest BCUT2D eigenvalue weighted by molar-refractivity contribution is -0.0355. The summed E-state index contributed by atoms with van der Waals surface area (Å²) in [7, 11) is 0. The first-order valence-electron chi connectivity index (χ1n) is 12.4. The van der Waals surface area contributed by atoms with Gasteiger partial charge in [-0.1, -0.05) is 36.7 Å². The van der Waals surface area contributed by atoms with Gasteiger partial charge in [-0.3, -0.25) is 4.68 Å². The highest BCUT2D eigenvalue weighted by atomic mass is 35.5. The number of fused-ring (bicyclic) bond motifs is 1. The Kier molecular flexibility index (Phi) is 7.33. The molecule has 5 aromatic rings. The number of aromatic nitrogens is 5. The van der Waals surface area contributed by atoms with Crippen LogP contribution < -0.4 is 5.32 Å². The number of halogens is 4. The fourth-order valence-electron chi connectivity index (χ4n) is 4.76. The first-order chi connectivity index (χ1) is 18.7. The van der Waals surface area contributed by atoms with Gasteiger partial charge in [-0.15, -0.1) is 0 Å². The Morgan fingerprint density at radius 1 is 1.05 bits per heavy atom. The lowest BCUT2D eigenvalue weighted by atomic mass is 9.86. The van der Waals surface area contributed by atoms with E-state index in [0.717, 1.165) is 11.6 Å². The number of anilines is 1. The van der Waals surface area contributed by atoms with Gasteiger partial charge >= 0.3 is 0 Å². The molecule has 0 bridgehead atoms. The molecule has 5 rings (SSSR count). The molecule has 2 N–H and O–H groups in total. The fraction of sp³-hybridized carbons (Fsp3) is 0.250. The summed E-state index contributed by atoms with van der Waals surface area (Å²) < 4.78 is 47.0. The third-order valence-electron chi connectivity index (χ3n) is 6.93. The minimum Gasteiger partial charge on any atom is -0.381 e. The molecule has 0 unspecified atom stereocenters. The molecular formula is C28H26ClF3N6O. The van der Waals surface area contributed by atoms with Crippen LogP contribution in [0.1, 0.15) is 36.7 Å². The van der Waals surface area contributed by atoms with E-state index in [1.54, 1.807) is 25.1 Å². The molecule has 0 aliphatic heterocycles. The highest BCUT2D eigenvalue weighted by molar-refractivity contribution is 6.30. The number of rotatable bonds is 9. The van der Waals surface area contributed by atoms with Crippen LogP contribution in [0.5, 0.6) is 0 Å². The monoisotopic (exact) mass is 554 g/mol. The van der Waals surface area contributed by atoms with Crippen molar-refractivity contribution in [3.8, 4) is 0 Å². The summed E-state index contributed by atoms with van der Waals surface area (Å²) in [5.41, 5.74) is 0.232. The lowest BCUT2D eigenvalue weighted by Gasteiger charge is -2.35. The van der Waals surface area contributed by atoms with Gasteiger partial charge in [0.2, 0.25) is 0 Å². The van der Waals surface area contributed by atoms with Crippen LogP contribution in [0, 0.1) is 17.5 Å². The van der Waals surface area contributed by atoms with E-state index < -0.39 is 29.1 Å². The second-order valence-electron chi connectivity index (χ2n) is 9.39. The van der Waals surface area contributed by atoms with Gasteiger partial charge in [0.25, 0.3) is 0 Å². The van der Waals surface area contributed by atoms with Crippen molar-refractivity contribution in [3.63, 3.8) is 0 Å². The summed E-state index contributed by atoms with van der Waals surface area (Å²) in [6.45, 7) is 3.74. The number of benzene rings is 3. The molecule has 202 valence electrons. The minimum absolute atomic E-state index is 0.143. The van der Waals surface area contributed by atoms with Gasteiger partial charge < -0.3 is 10.4 Å². The highest BCUT2D eigenvalue weighted by Crippen LogP contribution is 2.39. The van der Waals surface area contributed by atoms with Crippen molar-refractivity contribution in [1.82, 2.24) is 24.5 Å². The molecule has 3 aromatic carbocycles. The van der Waals surface area contributed by atoms with Crippen LogP contribution in [0.4, 0.5) is 18.9 Å². The Labute approximate surface area is 227 Å². The van der Waals surface area contributed by atoms with Crippen LogP contribution in [0.3, 0.4) is 0 Å². The molecule has 39 heavy (non-hydrogen) atoms. The maximum Gasteiger partial charge on any atom is 0.148 e. The molecule has 0 saturated heterocycles. The largest absolute Gasteiger partial charge is 0.381 e. The van der Waals surface area contributed by atoms with E-state index in [9.17, 15) is 9.50 Å². The van der Waals surface area contributed by atoms with E-state index in [1.165, 1.54) is 34.2 Å². The van der Waals surface area contributed by atoms with E-state index in [0.29, 0.717) is 46.3 Å². The summed E-state index contributed by atoms with van der Waals surface area (Å²) in [4.78, 5) is 3.90. The van der Waals surface area contributed by atoms with E-state index in [1.807, 2.05) is 19.1 Å². The number of hydrogen-bond acceptors (Lipinski definition) is 5. The zero-order valence-corrected chi connectivity index (χ0v) is 22.0. The lowest BCUT2D eigenvalue weighted by Crippen LogP contribution is -2.41. The first kappa shape index (κ1) is 26.7. The van der Waals surface area contributed by atoms with E-state index in [-0.39, 0.29) is 12.1 Å². The molecule has 0 fully saturated rings. The Hall–Kier alpha value is -3.89. The van der Waals surface area contributed by atoms with Crippen molar-refractivity contribution in [2.45, 2.75) is 45.0 Å². The van der Waals surface area contributed by atoms with Crippen LogP contribution >= 0.6 is 11.6 Å². The molecule has 0 aliphatic rings. The van der Waals surface area contributed by atoms with Crippen molar-refractivity contribution >= 4 is 28.2 Å². The molecule has 2 atom stereocenters. The maximum absolute atomic E-state index is 15.4. The van der Waals surface area contributed by atoms with Crippen molar-refractivity contribution in [1.29, 1.82) is 0 Å².